The predicted molar refractivity (Wildman–Crippen MR) is 167 cm³/mol. The van der Waals surface area contributed by atoms with E-state index >= 15 is 0 Å². The molecule has 0 saturated carbocycles. The van der Waals surface area contributed by atoms with Crippen LogP contribution in [0, 0.1) is 5.82 Å². The van der Waals surface area contributed by atoms with Crippen molar-refractivity contribution in [2.24, 2.45) is 0 Å². The predicted octanol–water partition coefficient (Wildman–Crippen LogP) is 5.23. The maximum absolute atomic E-state index is 13.7. The summed E-state index contributed by atoms with van der Waals surface area (Å²) in [4.78, 5) is 30.6. The van der Waals surface area contributed by atoms with Gasteiger partial charge in [-0.1, -0.05) is 54.6 Å². The number of fused-ring (bicyclic) bond motifs is 2. The summed E-state index contributed by atoms with van der Waals surface area (Å²) in [7, 11) is 3.57. The van der Waals surface area contributed by atoms with Crippen molar-refractivity contribution in [3.63, 3.8) is 0 Å². The van der Waals surface area contributed by atoms with E-state index in [9.17, 15) is 9.18 Å². The van der Waals surface area contributed by atoms with Gasteiger partial charge in [0.25, 0.3) is 5.91 Å². The smallest absolute Gasteiger partial charge is 0.253 e. The van der Waals surface area contributed by atoms with E-state index in [0.717, 1.165) is 16.9 Å². The average molecular weight is 594 g/mol. The average Bonchev–Trinajstić information content (AvgIpc) is 3.69. The summed E-state index contributed by atoms with van der Waals surface area (Å²) < 4.78 is 26.6. The van der Waals surface area contributed by atoms with Crippen LogP contribution in [0.5, 0.6) is 11.5 Å². The zero-order chi connectivity index (χ0) is 30.5. The number of rotatable bonds is 11. The minimum absolute atomic E-state index is 0.216. The van der Waals surface area contributed by atoms with Crippen molar-refractivity contribution < 1.29 is 18.7 Å². The molecule has 0 spiro atoms. The molecule has 0 saturated heterocycles. The van der Waals surface area contributed by atoms with Crippen LogP contribution in [0.3, 0.4) is 0 Å². The fraction of sp³-hybridized carbons (Fsp3) is 0.212. The van der Waals surface area contributed by atoms with E-state index in [1.807, 2.05) is 65.0 Å². The van der Waals surface area contributed by atoms with E-state index in [1.165, 1.54) is 18.2 Å². The highest BCUT2D eigenvalue weighted by Crippen LogP contribution is 2.33. The molecule has 0 atom stereocenters. The van der Waals surface area contributed by atoms with Crippen molar-refractivity contribution in [1.82, 2.24) is 24.4 Å². The molecule has 11 heteroatoms. The van der Waals surface area contributed by atoms with Gasteiger partial charge in [-0.05, 0) is 41.5 Å². The van der Waals surface area contributed by atoms with E-state index in [4.69, 9.17) is 19.4 Å². The van der Waals surface area contributed by atoms with Crippen LogP contribution < -0.4 is 19.7 Å². The molecule has 3 aromatic carbocycles. The van der Waals surface area contributed by atoms with Gasteiger partial charge in [-0.15, -0.1) is 0 Å². The molecule has 3 heterocycles. The number of nitrogens with one attached hydrogen (secondary N) is 1. The van der Waals surface area contributed by atoms with Gasteiger partial charge in [-0.3, -0.25) is 4.79 Å². The second-order valence-corrected chi connectivity index (χ2v) is 10.5. The SMILES string of the molecule is CN(CCN(C)c1nc(NCc2ccc3c(c2)OCO3)c2ncn(CC=Cc3ccccc3)c2n1)C(=O)c1cccc(F)c1. The highest BCUT2D eigenvalue weighted by atomic mass is 19.1. The van der Waals surface area contributed by atoms with E-state index in [1.54, 1.807) is 24.3 Å². The van der Waals surface area contributed by atoms with Gasteiger partial charge in [0.1, 0.15) is 5.82 Å². The van der Waals surface area contributed by atoms with Crippen LogP contribution in [-0.4, -0.2) is 64.3 Å². The molecule has 44 heavy (non-hydrogen) atoms. The number of aromatic nitrogens is 4. The van der Waals surface area contributed by atoms with Crippen molar-refractivity contribution >= 4 is 34.9 Å². The Hall–Kier alpha value is -5.45. The molecule has 0 fully saturated rings. The van der Waals surface area contributed by atoms with Gasteiger partial charge in [0.2, 0.25) is 12.7 Å². The summed E-state index contributed by atoms with van der Waals surface area (Å²) >= 11 is 0. The quantitative estimate of drug-likeness (QED) is 0.223. The molecule has 0 unspecified atom stereocenters. The van der Waals surface area contributed by atoms with Gasteiger partial charge in [0.05, 0.1) is 6.33 Å². The Balaban J connectivity index is 1.23. The van der Waals surface area contributed by atoms with Crippen molar-refractivity contribution in [2.45, 2.75) is 13.1 Å². The van der Waals surface area contributed by atoms with Crippen LogP contribution in [-0.2, 0) is 13.1 Å². The molecule has 10 nitrogen and oxygen atoms in total. The molecule has 1 aliphatic heterocycles. The molecular formula is C33H32FN7O3. The summed E-state index contributed by atoms with van der Waals surface area (Å²) in [6.07, 6.45) is 5.88. The number of anilines is 2. The highest BCUT2D eigenvalue weighted by Gasteiger charge is 2.18. The van der Waals surface area contributed by atoms with Crippen LogP contribution >= 0.6 is 0 Å². The third-order valence-electron chi connectivity index (χ3n) is 7.29. The molecule has 0 aliphatic carbocycles. The molecule has 1 N–H and O–H groups in total. The number of halogens is 1. The van der Waals surface area contributed by atoms with E-state index in [0.29, 0.717) is 60.4 Å². The van der Waals surface area contributed by atoms with Crippen molar-refractivity contribution in [1.29, 1.82) is 0 Å². The largest absolute Gasteiger partial charge is 0.454 e. The zero-order valence-corrected chi connectivity index (χ0v) is 24.5. The minimum atomic E-state index is -0.445. The molecule has 0 bridgehead atoms. The van der Waals surface area contributed by atoms with E-state index in [-0.39, 0.29) is 12.7 Å². The van der Waals surface area contributed by atoms with Crippen LogP contribution in [0.1, 0.15) is 21.5 Å². The molecule has 2 aromatic heterocycles. The monoisotopic (exact) mass is 593 g/mol. The van der Waals surface area contributed by atoms with E-state index in [2.05, 4.69) is 22.5 Å². The van der Waals surface area contributed by atoms with Crippen LogP contribution in [0.15, 0.2) is 85.2 Å². The first kappa shape index (κ1) is 28.7. The Bertz CT molecular complexity index is 1810. The number of allylic oxidation sites excluding steroid dienone is 1. The van der Waals surface area contributed by atoms with Crippen LogP contribution in [0.25, 0.3) is 17.2 Å². The fourth-order valence-electron chi connectivity index (χ4n) is 4.81. The maximum Gasteiger partial charge on any atom is 0.253 e. The number of carbonyl (C=O) groups is 1. The summed E-state index contributed by atoms with van der Waals surface area (Å²) in [5, 5.41) is 3.43. The summed E-state index contributed by atoms with van der Waals surface area (Å²) in [6.45, 7) is 2.10. The third-order valence-corrected chi connectivity index (χ3v) is 7.29. The lowest BCUT2D eigenvalue weighted by atomic mass is 10.2. The topological polar surface area (TPSA) is 97.6 Å². The Morgan fingerprint density at radius 3 is 2.68 bits per heavy atom. The summed E-state index contributed by atoms with van der Waals surface area (Å²) in [6, 6.07) is 21.6. The fourth-order valence-corrected chi connectivity index (χ4v) is 4.81. The van der Waals surface area contributed by atoms with Gasteiger partial charge in [0.15, 0.2) is 28.5 Å². The normalized spacial score (nSPS) is 12.2. The number of amides is 1. The summed E-state index contributed by atoms with van der Waals surface area (Å²) in [5.41, 5.74) is 3.73. The second-order valence-electron chi connectivity index (χ2n) is 10.5. The van der Waals surface area contributed by atoms with Gasteiger partial charge < -0.3 is 29.2 Å². The number of benzene rings is 3. The molecule has 0 radical (unpaired) electrons. The van der Waals surface area contributed by atoms with Crippen molar-refractivity contribution in [2.75, 3.05) is 44.2 Å². The van der Waals surface area contributed by atoms with Gasteiger partial charge in [-0.2, -0.15) is 9.97 Å². The second kappa shape index (κ2) is 12.8. The third kappa shape index (κ3) is 6.46. The summed E-state index contributed by atoms with van der Waals surface area (Å²) in [5.74, 6) is 1.80. The number of nitrogens with zero attached hydrogens (tertiary/aromatic N) is 6. The Morgan fingerprint density at radius 1 is 1.00 bits per heavy atom. The lowest BCUT2D eigenvalue weighted by Crippen LogP contribution is -2.35. The Kier molecular flexibility index (Phi) is 8.35. The number of hydrogen-bond donors (Lipinski definition) is 1. The zero-order valence-electron chi connectivity index (χ0n) is 24.5. The van der Waals surface area contributed by atoms with Crippen LogP contribution in [0.2, 0.25) is 0 Å². The number of hydrogen-bond acceptors (Lipinski definition) is 8. The molecule has 1 amide bonds. The van der Waals surface area contributed by atoms with Crippen molar-refractivity contribution in [3.8, 4) is 11.5 Å². The first-order valence-corrected chi connectivity index (χ1v) is 14.2. The number of carbonyl (C=O) groups excluding carboxylic acids is 1. The lowest BCUT2D eigenvalue weighted by Gasteiger charge is -2.23. The maximum atomic E-state index is 13.7. The van der Waals surface area contributed by atoms with Gasteiger partial charge in [0, 0.05) is 45.8 Å². The molecular weight excluding hydrogens is 561 g/mol. The first-order valence-electron chi connectivity index (χ1n) is 14.2. The van der Waals surface area contributed by atoms with E-state index < -0.39 is 5.82 Å². The number of likely N-dealkylation sites (N-methyl/N-ethyl adjacent to an activating group) is 2. The first-order chi connectivity index (χ1) is 21.4. The lowest BCUT2D eigenvalue weighted by molar-refractivity contribution is 0.0798. The van der Waals surface area contributed by atoms with Crippen LogP contribution in [0.4, 0.5) is 16.2 Å². The van der Waals surface area contributed by atoms with Crippen molar-refractivity contribution in [3.05, 3.63) is 108 Å². The van der Waals surface area contributed by atoms with Gasteiger partial charge >= 0.3 is 0 Å². The standard InChI is InChI=1S/C33H32FN7O3/c1-39(32(42)25-11-6-12-26(34)19-25)16-17-40(2)33-37-30(35-20-24-13-14-27-28(18-24)44-22-43-27)29-31(38-33)41(21-36-29)15-7-10-23-8-4-3-5-9-23/h3-14,18-19,21H,15-17,20,22H2,1-2H3,(H,35,37,38). The molecule has 6 rings (SSSR count). The van der Waals surface area contributed by atoms with Gasteiger partial charge in [-0.25, -0.2) is 9.37 Å². The molecule has 5 aromatic rings. The Labute approximate surface area is 254 Å². The molecule has 1 aliphatic rings. The Morgan fingerprint density at radius 2 is 1.84 bits per heavy atom. The number of ether oxygens (including phenoxy) is 2. The highest BCUT2D eigenvalue weighted by molar-refractivity contribution is 5.94. The number of imidazole rings is 1. The minimum Gasteiger partial charge on any atom is -0.454 e. The molecule has 224 valence electrons.